The summed E-state index contributed by atoms with van der Waals surface area (Å²) in [6.07, 6.45) is 2.11. The average Bonchev–Trinajstić information content (AvgIpc) is 3.02. The molecule has 25 heavy (non-hydrogen) atoms. The molecule has 132 valence electrons. The van der Waals surface area contributed by atoms with Gasteiger partial charge in [0.15, 0.2) is 11.0 Å². The third kappa shape index (κ3) is 2.74. The average molecular weight is 358 g/mol. The van der Waals surface area contributed by atoms with Crippen LogP contribution in [0.25, 0.3) is 17.0 Å². The van der Waals surface area contributed by atoms with Crippen LogP contribution in [0.3, 0.4) is 0 Å². The van der Waals surface area contributed by atoms with Gasteiger partial charge < -0.3 is 9.47 Å². The summed E-state index contributed by atoms with van der Waals surface area (Å²) in [6, 6.07) is 6.01. The van der Waals surface area contributed by atoms with Crippen LogP contribution < -0.4 is 14.0 Å². The first kappa shape index (κ1) is 17.6. The molecule has 2 aromatic heterocycles. The van der Waals surface area contributed by atoms with Crippen LogP contribution in [0.15, 0.2) is 24.4 Å². The van der Waals surface area contributed by atoms with Crippen LogP contribution in [0.4, 0.5) is 0 Å². The molecule has 0 saturated heterocycles. The zero-order chi connectivity index (χ0) is 18.1. The van der Waals surface area contributed by atoms with E-state index < -0.39 is 0 Å². The molecule has 6 heteroatoms. The smallest absolute Gasteiger partial charge is 0.415 e. The fourth-order valence-electron chi connectivity index (χ4n) is 3.17. The molecule has 0 spiro atoms. The largest absolute Gasteiger partial charge is 0.497 e. The van der Waals surface area contributed by atoms with Crippen molar-refractivity contribution in [3.63, 3.8) is 0 Å². The standard InChI is InChI=1S/C17H18N3O2S.C2H6/c1-10-8-19-15(11(2)16(10)22-4)9-23-20-14-6-5-12(21-3)7-13(14)18-17(19)20;1-2/h5-8H,9H2,1-4H3;1-2H3/q+1;. The summed E-state index contributed by atoms with van der Waals surface area (Å²) in [4.78, 5) is 4.83. The van der Waals surface area contributed by atoms with E-state index in [0.717, 1.165) is 39.8 Å². The van der Waals surface area contributed by atoms with Crippen molar-refractivity contribution in [3.8, 4) is 17.4 Å². The van der Waals surface area contributed by atoms with E-state index >= 15 is 0 Å². The van der Waals surface area contributed by atoms with Crippen LogP contribution in [-0.4, -0.2) is 23.2 Å². The number of imidazole rings is 1. The van der Waals surface area contributed by atoms with E-state index in [2.05, 4.69) is 34.7 Å². The normalized spacial score (nSPS) is 12.1. The molecule has 0 unspecified atom stereocenters. The van der Waals surface area contributed by atoms with Crippen molar-refractivity contribution in [2.75, 3.05) is 14.2 Å². The Morgan fingerprint density at radius 3 is 2.60 bits per heavy atom. The molecule has 0 amide bonds. The Hall–Kier alpha value is -2.21. The van der Waals surface area contributed by atoms with Crippen LogP contribution in [0.2, 0.25) is 0 Å². The van der Waals surface area contributed by atoms with Crippen molar-refractivity contribution in [2.24, 2.45) is 0 Å². The van der Waals surface area contributed by atoms with Crippen molar-refractivity contribution >= 4 is 23.0 Å². The molecule has 1 aliphatic rings. The Bertz CT molecular complexity index is 934. The maximum atomic E-state index is 5.55. The minimum atomic E-state index is 0.824. The summed E-state index contributed by atoms with van der Waals surface area (Å²) < 4.78 is 15.2. The Morgan fingerprint density at radius 2 is 1.92 bits per heavy atom. The summed E-state index contributed by atoms with van der Waals surface area (Å²) in [5, 5.41) is 0. The highest BCUT2D eigenvalue weighted by Crippen LogP contribution is 2.33. The first-order chi connectivity index (χ1) is 12.1. The molecule has 0 fully saturated rings. The second-order valence-electron chi connectivity index (χ2n) is 5.62. The molecule has 1 aromatic carbocycles. The van der Waals surface area contributed by atoms with Gasteiger partial charge in [-0.2, -0.15) is 3.97 Å². The lowest BCUT2D eigenvalue weighted by Gasteiger charge is -2.18. The van der Waals surface area contributed by atoms with Crippen LogP contribution in [0, 0.1) is 13.8 Å². The van der Waals surface area contributed by atoms with Gasteiger partial charge in [-0.15, -0.1) is 0 Å². The number of nitrogens with zero attached hydrogens (tertiary/aromatic N) is 3. The SMILES string of the molecule is CC.COc1ccc2c(c1)nc1n2SCc2c(C)c(OC)c(C)c[n+]2-1. The second kappa shape index (κ2) is 6.96. The number of hydrogen-bond acceptors (Lipinski definition) is 4. The van der Waals surface area contributed by atoms with E-state index in [0.29, 0.717) is 0 Å². The topological polar surface area (TPSA) is 40.2 Å². The molecule has 3 aromatic rings. The number of methoxy groups -OCH3 is 2. The van der Waals surface area contributed by atoms with Gasteiger partial charge in [-0.25, -0.2) is 4.57 Å². The van der Waals surface area contributed by atoms with Gasteiger partial charge in [-0.05, 0) is 26.0 Å². The van der Waals surface area contributed by atoms with E-state index in [1.807, 2.05) is 26.0 Å². The van der Waals surface area contributed by atoms with Crippen LogP contribution >= 0.6 is 11.9 Å². The van der Waals surface area contributed by atoms with Crippen molar-refractivity contribution in [2.45, 2.75) is 33.4 Å². The van der Waals surface area contributed by atoms with Crippen LogP contribution in [0.1, 0.15) is 30.7 Å². The molecule has 5 nitrogen and oxygen atoms in total. The van der Waals surface area contributed by atoms with Crippen molar-refractivity contribution < 1.29 is 14.0 Å². The number of hydrogen-bond donors (Lipinski definition) is 0. The van der Waals surface area contributed by atoms with Gasteiger partial charge in [-0.1, -0.05) is 18.8 Å². The molecule has 0 bridgehead atoms. The van der Waals surface area contributed by atoms with E-state index in [1.165, 1.54) is 11.3 Å². The number of benzene rings is 1. The molecule has 4 rings (SSSR count). The molecule has 3 heterocycles. The predicted octanol–water partition coefficient (Wildman–Crippen LogP) is 3.98. The molecular weight excluding hydrogens is 334 g/mol. The van der Waals surface area contributed by atoms with Gasteiger partial charge in [0.25, 0.3) is 0 Å². The van der Waals surface area contributed by atoms with E-state index in [-0.39, 0.29) is 0 Å². The van der Waals surface area contributed by atoms with Crippen molar-refractivity contribution in [3.05, 3.63) is 41.2 Å². The number of aromatic nitrogens is 3. The molecule has 0 aliphatic carbocycles. The van der Waals surface area contributed by atoms with Crippen molar-refractivity contribution in [1.82, 2.24) is 8.96 Å². The maximum absolute atomic E-state index is 5.55. The van der Waals surface area contributed by atoms with Crippen LogP contribution in [0.5, 0.6) is 11.5 Å². The minimum Gasteiger partial charge on any atom is -0.497 e. The lowest BCUT2D eigenvalue weighted by atomic mass is 10.1. The minimum absolute atomic E-state index is 0.824. The first-order valence-corrected chi connectivity index (χ1v) is 9.37. The van der Waals surface area contributed by atoms with Crippen LogP contribution in [-0.2, 0) is 5.75 Å². The third-order valence-electron chi connectivity index (χ3n) is 4.30. The van der Waals surface area contributed by atoms with Gasteiger partial charge in [0.2, 0.25) is 0 Å². The number of pyridine rings is 1. The Labute approximate surface area is 152 Å². The molecule has 0 saturated carbocycles. The Kier molecular flexibility index (Phi) is 4.90. The quantitative estimate of drug-likeness (QED) is 0.650. The molecule has 0 N–H and O–H groups in total. The zero-order valence-electron chi connectivity index (χ0n) is 15.6. The maximum Gasteiger partial charge on any atom is 0.415 e. The summed E-state index contributed by atoms with van der Waals surface area (Å²) in [5.41, 5.74) is 5.56. The molecule has 0 radical (unpaired) electrons. The highest BCUT2D eigenvalue weighted by atomic mass is 32.2. The summed E-state index contributed by atoms with van der Waals surface area (Å²) in [5.74, 6) is 3.59. The number of fused-ring (bicyclic) bond motifs is 5. The fourth-order valence-corrected chi connectivity index (χ4v) is 4.31. The predicted molar refractivity (Wildman–Crippen MR) is 102 cm³/mol. The van der Waals surface area contributed by atoms with Gasteiger partial charge in [0.05, 0.1) is 26.2 Å². The van der Waals surface area contributed by atoms with Crippen molar-refractivity contribution in [1.29, 1.82) is 0 Å². The van der Waals surface area contributed by atoms with E-state index in [4.69, 9.17) is 14.5 Å². The second-order valence-corrected chi connectivity index (χ2v) is 6.53. The third-order valence-corrected chi connectivity index (χ3v) is 5.32. The van der Waals surface area contributed by atoms with Gasteiger partial charge in [-0.3, -0.25) is 0 Å². The monoisotopic (exact) mass is 358 g/mol. The number of ether oxygens (including phenoxy) is 2. The zero-order valence-corrected chi connectivity index (χ0v) is 16.4. The fraction of sp³-hybridized carbons (Fsp3) is 0.368. The lowest BCUT2D eigenvalue weighted by Crippen LogP contribution is -2.42. The summed E-state index contributed by atoms with van der Waals surface area (Å²) in [6.45, 7) is 8.18. The molecule has 0 atom stereocenters. The highest BCUT2D eigenvalue weighted by molar-refractivity contribution is 7.97. The summed E-state index contributed by atoms with van der Waals surface area (Å²) >= 11 is 1.76. The molecular formula is C19H24N3O2S+. The van der Waals surface area contributed by atoms with E-state index in [1.54, 1.807) is 26.2 Å². The first-order valence-electron chi connectivity index (χ1n) is 8.43. The van der Waals surface area contributed by atoms with Gasteiger partial charge in [0, 0.05) is 29.1 Å². The Balaban J connectivity index is 0.000000880. The highest BCUT2D eigenvalue weighted by Gasteiger charge is 2.31. The number of aryl methyl sites for hydroxylation is 1. The van der Waals surface area contributed by atoms with Gasteiger partial charge >= 0.3 is 5.95 Å². The number of rotatable bonds is 2. The van der Waals surface area contributed by atoms with Gasteiger partial charge in [0.1, 0.15) is 17.2 Å². The Morgan fingerprint density at radius 1 is 1.16 bits per heavy atom. The van der Waals surface area contributed by atoms with E-state index in [9.17, 15) is 0 Å². The lowest BCUT2D eigenvalue weighted by molar-refractivity contribution is -0.613. The summed E-state index contributed by atoms with van der Waals surface area (Å²) in [7, 11) is 3.40. The molecule has 1 aliphatic heterocycles.